The van der Waals surface area contributed by atoms with Crippen LogP contribution in [0.5, 0.6) is 0 Å². The summed E-state index contributed by atoms with van der Waals surface area (Å²) < 4.78 is 31.1. The number of nitrogens with one attached hydrogen (secondary N) is 2. The van der Waals surface area contributed by atoms with Crippen molar-refractivity contribution < 1.29 is 18.7 Å². The molecule has 1 aliphatic carbocycles. The van der Waals surface area contributed by atoms with Crippen molar-refractivity contribution in [3.8, 4) is 11.8 Å². The van der Waals surface area contributed by atoms with Gasteiger partial charge in [0.1, 0.15) is 0 Å². The summed E-state index contributed by atoms with van der Waals surface area (Å²) in [6, 6.07) is 3.90. The van der Waals surface area contributed by atoms with Gasteiger partial charge in [-0.15, -0.1) is 0 Å². The van der Waals surface area contributed by atoms with Crippen LogP contribution in [-0.2, 0) is 18.7 Å². The molecule has 0 saturated heterocycles. The minimum absolute atomic E-state index is 0.0831. The molecule has 1 saturated carbocycles. The van der Waals surface area contributed by atoms with Crippen molar-refractivity contribution in [2.45, 2.75) is 44.4 Å². The van der Waals surface area contributed by atoms with E-state index in [4.69, 9.17) is 16.7 Å². The molecule has 2 heterocycles. The van der Waals surface area contributed by atoms with Crippen LogP contribution < -0.4 is 10.6 Å². The molecule has 29 heavy (non-hydrogen) atoms. The van der Waals surface area contributed by atoms with Gasteiger partial charge in [-0.25, -0.2) is 13.6 Å². The van der Waals surface area contributed by atoms with Crippen molar-refractivity contribution >= 4 is 23.3 Å². The fraction of sp³-hybridized carbons (Fsp3) is 0.400. The van der Waals surface area contributed by atoms with Gasteiger partial charge in [0.2, 0.25) is 0 Å². The maximum absolute atomic E-state index is 14.8. The summed E-state index contributed by atoms with van der Waals surface area (Å²) in [6.07, 6.45) is 3.42. The maximum atomic E-state index is 14.8. The molecule has 0 unspecified atom stereocenters. The number of urea groups is 1. The van der Waals surface area contributed by atoms with E-state index < -0.39 is 17.5 Å². The normalized spacial score (nSPS) is 20.9. The molecule has 4 rings (SSSR count). The summed E-state index contributed by atoms with van der Waals surface area (Å²) in [5, 5.41) is 18.5. The minimum atomic E-state index is -3.34. The monoisotopic (exact) mass is 420 g/mol. The zero-order valence-electron chi connectivity index (χ0n) is 15.6. The van der Waals surface area contributed by atoms with Crippen LogP contribution in [0.1, 0.15) is 36.6 Å². The van der Waals surface area contributed by atoms with Gasteiger partial charge in [0, 0.05) is 35.3 Å². The molecule has 2 aromatic rings. The van der Waals surface area contributed by atoms with Gasteiger partial charge in [-0.2, -0.15) is 5.10 Å². The standard InChI is InChI=1S/C20H19ClF2N4O2/c1-19(22,23)20(6-4-12-2-3-12)15-9-16(21)13(8-17(15)24-18(29)25-20)10-27-7-5-14(11-28)26-27/h5,7-9,12,28H,2-3,10-11H2,1H3,(H2,24,25,29)/t20-/m0/s1. The van der Waals surface area contributed by atoms with Crippen LogP contribution in [0.4, 0.5) is 19.3 Å². The average molecular weight is 421 g/mol. The number of alkyl halides is 2. The molecule has 1 aromatic carbocycles. The number of aromatic nitrogens is 2. The third-order valence-corrected chi connectivity index (χ3v) is 5.38. The summed E-state index contributed by atoms with van der Waals surface area (Å²) in [5.74, 6) is 2.26. The molecule has 0 radical (unpaired) electrons. The van der Waals surface area contributed by atoms with Gasteiger partial charge in [-0.1, -0.05) is 23.4 Å². The highest BCUT2D eigenvalue weighted by Gasteiger charge is 2.55. The zero-order valence-corrected chi connectivity index (χ0v) is 16.4. The molecule has 9 heteroatoms. The van der Waals surface area contributed by atoms with Gasteiger partial charge in [0.25, 0.3) is 5.92 Å². The highest BCUT2D eigenvalue weighted by Crippen LogP contribution is 2.45. The third-order valence-electron chi connectivity index (χ3n) is 5.03. The number of aliphatic hydroxyl groups excluding tert-OH is 1. The summed E-state index contributed by atoms with van der Waals surface area (Å²) >= 11 is 6.42. The Hall–Kier alpha value is -2.63. The van der Waals surface area contributed by atoms with Crippen LogP contribution in [0.2, 0.25) is 5.02 Å². The lowest BCUT2D eigenvalue weighted by Crippen LogP contribution is -2.59. The number of halogens is 3. The minimum Gasteiger partial charge on any atom is -0.390 e. The first-order valence-electron chi connectivity index (χ1n) is 9.17. The van der Waals surface area contributed by atoms with E-state index in [1.807, 2.05) is 0 Å². The highest BCUT2D eigenvalue weighted by atomic mass is 35.5. The van der Waals surface area contributed by atoms with E-state index in [0.717, 1.165) is 19.8 Å². The second-order valence-electron chi connectivity index (χ2n) is 7.41. The van der Waals surface area contributed by atoms with Crippen LogP contribution in [0.25, 0.3) is 0 Å². The number of nitrogens with zero attached hydrogens (tertiary/aromatic N) is 2. The lowest BCUT2D eigenvalue weighted by molar-refractivity contribution is -0.0464. The Bertz CT molecular complexity index is 1030. The summed E-state index contributed by atoms with van der Waals surface area (Å²) in [7, 11) is 0. The Balaban J connectivity index is 1.79. The predicted molar refractivity (Wildman–Crippen MR) is 104 cm³/mol. The second kappa shape index (κ2) is 7.01. The van der Waals surface area contributed by atoms with Crippen molar-refractivity contribution in [2.24, 2.45) is 5.92 Å². The predicted octanol–water partition coefficient (Wildman–Crippen LogP) is 3.48. The van der Waals surface area contributed by atoms with E-state index >= 15 is 0 Å². The van der Waals surface area contributed by atoms with E-state index in [9.17, 15) is 13.6 Å². The number of amides is 2. The van der Waals surface area contributed by atoms with E-state index in [1.54, 1.807) is 23.0 Å². The molecule has 6 nitrogen and oxygen atoms in total. The summed E-state index contributed by atoms with van der Waals surface area (Å²) in [5.41, 5.74) is -0.719. The molecule has 0 spiro atoms. The number of carbonyl (C=O) groups is 1. The Labute approximate surface area is 171 Å². The first kappa shape index (κ1) is 19.7. The van der Waals surface area contributed by atoms with Crippen LogP contribution in [-0.4, -0.2) is 26.8 Å². The number of rotatable bonds is 4. The fourth-order valence-electron chi connectivity index (χ4n) is 3.29. The number of fused-ring (bicyclic) bond motifs is 1. The van der Waals surface area contributed by atoms with E-state index in [0.29, 0.717) is 11.3 Å². The van der Waals surface area contributed by atoms with Crippen molar-refractivity contribution in [1.29, 1.82) is 0 Å². The van der Waals surface area contributed by atoms with Crippen LogP contribution in [0.3, 0.4) is 0 Å². The van der Waals surface area contributed by atoms with E-state index in [1.165, 1.54) is 6.07 Å². The molecule has 3 N–H and O–H groups in total. The SMILES string of the molecule is CC(F)(F)[C@@]1(C#CC2CC2)NC(=O)Nc2cc(Cn3ccc(CO)n3)c(Cl)cc21. The molecule has 1 aromatic heterocycles. The number of aliphatic hydroxyl groups is 1. The molecule has 1 atom stereocenters. The topological polar surface area (TPSA) is 79.2 Å². The molecule has 2 amide bonds. The summed E-state index contributed by atoms with van der Waals surface area (Å²) in [6.45, 7) is 0.797. The molecule has 152 valence electrons. The molecule has 2 aliphatic rings. The third kappa shape index (κ3) is 3.68. The molecular weight excluding hydrogens is 402 g/mol. The van der Waals surface area contributed by atoms with Gasteiger partial charge in [-0.3, -0.25) is 4.68 Å². The Kier molecular flexibility index (Phi) is 4.75. The number of hydrogen-bond donors (Lipinski definition) is 3. The van der Waals surface area contributed by atoms with Gasteiger partial charge < -0.3 is 15.7 Å². The summed E-state index contributed by atoms with van der Waals surface area (Å²) in [4.78, 5) is 12.2. The van der Waals surface area contributed by atoms with E-state index in [2.05, 4.69) is 27.6 Å². The van der Waals surface area contributed by atoms with Gasteiger partial charge in [0.05, 0.1) is 18.8 Å². The maximum Gasteiger partial charge on any atom is 0.320 e. The lowest BCUT2D eigenvalue weighted by atomic mass is 9.81. The lowest BCUT2D eigenvalue weighted by Gasteiger charge is -2.40. The van der Waals surface area contributed by atoms with Crippen LogP contribution in [0, 0.1) is 17.8 Å². The Morgan fingerprint density at radius 2 is 2.21 bits per heavy atom. The molecule has 1 fully saturated rings. The van der Waals surface area contributed by atoms with Crippen molar-refractivity contribution in [3.63, 3.8) is 0 Å². The first-order chi connectivity index (χ1) is 13.7. The number of benzene rings is 1. The largest absolute Gasteiger partial charge is 0.390 e. The van der Waals surface area contributed by atoms with Crippen molar-refractivity contribution in [2.75, 3.05) is 5.32 Å². The Morgan fingerprint density at radius 1 is 1.45 bits per heavy atom. The number of anilines is 1. The first-order valence-corrected chi connectivity index (χ1v) is 9.55. The van der Waals surface area contributed by atoms with E-state index in [-0.39, 0.29) is 35.3 Å². The molecule has 0 bridgehead atoms. The Morgan fingerprint density at radius 3 is 2.83 bits per heavy atom. The van der Waals surface area contributed by atoms with Crippen LogP contribution in [0.15, 0.2) is 24.4 Å². The van der Waals surface area contributed by atoms with Gasteiger partial charge >= 0.3 is 6.03 Å². The number of hydrogen-bond acceptors (Lipinski definition) is 3. The average Bonchev–Trinajstić information content (AvgIpc) is 3.37. The number of carbonyl (C=O) groups excluding carboxylic acids is 1. The van der Waals surface area contributed by atoms with Crippen molar-refractivity contribution in [1.82, 2.24) is 15.1 Å². The smallest absolute Gasteiger partial charge is 0.320 e. The van der Waals surface area contributed by atoms with Crippen molar-refractivity contribution in [3.05, 3.63) is 46.2 Å². The van der Waals surface area contributed by atoms with Crippen LogP contribution >= 0.6 is 11.6 Å². The highest BCUT2D eigenvalue weighted by molar-refractivity contribution is 6.31. The second-order valence-corrected chi connectivity index (χ2v) is 7.82. The fourth-order valence-corrected chi connectivity index (χ4v) is 3.51. The quantitative estimate of drug-likeness (QED) is 0.662. The van der Waals surface area contributed by atoms with Gasteiger partial charge in [-0.05, 0) is 36.6 Å². The molecular formula is C20H19ClF2N4O2. The van der Waals surface area contributed by atoms with Gasteiger partial charge in [0.15, 0.2) is 5.54 Å². The zero-order chi connectivity index (χ0) is 20.8. The molecule has 1 aliphatic heterocycles.